The number of rotatable bonds is 5. The topological polar surface area (TPSA) is 81.4 Å². The van der Waals surface area contributed by atoms with E-state index < -0.39 is 29.6 Å². The van der Waals surface area contributed by atoms with E-state index in [9.17, 15) is 18.4 Å². The minimum atomic E-state index is -1.49. The summed E-state index contributed by atoms with van der Waals surface area (Å²) in [5.74, 6) is -2.98. The van der Waals surface area contributed by atoms with Crippen LogP contribution in [-0.4, -0.2) is 24.5 Å². The number of hydrogen-bond donors (Lipinski definition) is 2. The molecule has 1 atom stereocenters. The van der Waals surface area contributed by atoms with E-state index in [1.54, 1.807) is 6.92 Å². The summed E-state index contributed by atoms with van der Waals surface area (Å²) in [6.07, 6.45) is 0. The van der Waals surface area contributed by atoms with E-state index in [0.29, 0.717) is 0 Å². The van der Waals surface area contributed by atoms with Crippen LogP contribution in [0.25, 0.3) is 0 Å². The molecule has 1 aromatic carbocycles. The predicted molar refractivity (Wildman–Crippen MR) is 62.8 cm³/mol. The molecule has 0 aromatic heterocycles. The second-order valence-corrected chi connectivity index (χ2v) is 3.68. The van der Waals surface area contributed by atoms with Gasteiger partial charge in [-0.05, 0) is 25.1 Å². The van der Waals surface area contributed by atoms with E-state index in [-0.39, 0.29) is 18.7 Å². The Morgan fingerprint density at radius 2 is 2.11 bits per heavy atom. The van der Waals surface area contributed by atoms with Crippen LogP contribution in [0.3, 0.4) is 0 Å². The fraction of sp³-hybridized carbons (Fsp3) is 0.333. The van der Waals surface area contributed by atoms with Crippen molar-refractivity contribution in [3.8, 4) is 0 Å². The fourth-order valence-corrected chi connectivity index (χ4v) is 1.31. The van der Waals surface area contributed by atoms with Crippen LogP contribution < -0.4 is 11.1 Å². The van der Waals surface area contributed by atoms with Crippen molar-refractivity contribution in [3.05, 3.63) is 35.4 Å². The van der Waals surface area contributed by atoms with Gasteiger partial charge in [0.05, 0.1) is 6.61 Å². The van der Waals surface area contributed by atoms with E-state index in [0.717, 1.165) is 18.2 Å². The molecule has 0 bridgehead atoms. The highest BCUT2D eigenvalue weighted by Crippen LogP contribution is 2.09. The number of ether oxygens (including phenoxy) is 1. The molecule has 0 radical (unpaired) electrons. The Balaban J connectivity index is 2.59. The van der Waals surface area contributed by atoms with Crippen molar-refractivity contribution in [2.45, 2.75) is 19.5 Å². The molecule has 0 saturated heterocycles. The summed E-state index contributed by atoms with van der Waals surface area (Å²) in [6, 6.07) is 1.37. The lowest BCUT2D eigenvalue weighted by Gasteiger charge is -2.11. The molecular formula is C12H14F2N2O3. The highest BCUT2D eigenvalue weighted by Gasteiger charge is 2.23. The quantitative estimate of drug-likeness (QED) is 0.603. The normalized spacial score (nSPS) is 11.8. The molecular weight excluding hydrogens is 258 g/mol. The van der Waals surface area contributed by atoms with E-state index >= 15 is 0 Å². The zero-order chi connectivity index (χ0) is 14.4. The fourth-order valence-electron chi connectivity index (χ4n) is 1.31. The number of nitrogens with one attached hydrogen (secondary N) is 1. The van der Waals surface area contributed by atoms with Crippen LogP contribution in [0.4, 0.5) is 8.78 Å². The Labute approximate surface area is 108 Å². The van der Waals surface area contributed by atoms with E-state index in [1.807, 2.05) is 0 Å². The Hall–Kier alpha value is -2.02. The van der Waals surface area contributed by atoms with Gasteiger partial charge < -0.3 is 15.8 Å². The average Bonchev–Trinajstić information content (AvgIpc) is 2.38. The van der Waals surface area contributed by atoms with Gasteiger partial charge in [-0.15, -0.1) is 0 Å². The van der Waals surface area contributed by atoms with Crippen LogP contribution in [0.2, 0.25) is 0 Å². The first-order valence-corrected chi connectivity index (χ1v) is 5.59. The molecule has 0 saturated carbocycles. The molecule has 104 valence electrons. The third-order valence-electron chi connectivity index (χ3n) is 2.28. The Kier molecular flexibility index (Phi) is 5.37. The first kappa shape index (κ1) is 15.0. The molecule has 1 amide bonds. The zero-order valence-corrected chi connectivity index (χ0v) is 10.3. The Bertz CT molecular complexity index is 480. The SMILES string of the molecule is CCOC(=O)C(N)C(=O)NCc1cc(F)ccc1F. The van der Waals surface area contributed by atoms with Crippen LogP contribution in [0.15, 0.2) is 18.2 Å². The van der Waals surface area contributed by atoms with Gasteiger partial charge in [0.15, 0.2) is 6.04 Å². The highest BCUT2D eigenvalue weighted by molar-refractivity contribution is 6.01. The predicted octanol–water partition coefficient (Wildman–Crippen LogP) is 0.471. The van der Waals surface area contributed by atoms with Crippen LogP contribution in [0.5, 0.6) is 0 Å². The van der Waals surface area contributed by atoms with Crippen LogP contribution in [0, 0.1) is 11.6 Å². The summed E-state index contributed by atoms with van der Waals surface area (Å²) in [7, 11) is 0. The van der Waals surface area contributed by atoms with Gasteiger partial charge in [-0.2, -0.15) is 0 Å². The summed E-state index contributed by atoms with van der Waals surface area (Å²) in [4.78, 5) is 22.7. The molecule has 0 fully saturated rings. The second-order valence-electron chi connectivity index (χ2n) is 3.68. The maximum Gasteiger partial charge on any atom is 0.332 e. The van der Waals surface area contributed by atoms with E-state index in [2.05, 4.69) is 10.1 Å². The van der Waals surface area contributed by atoms with Gasteiger partial charge >= 0.3 is 5.97 Å². The molecule has 3 N–H and O–H groups in total. The van der Waals surface area contributed by atoms with E-state index in [4.69, 9.17) is 5.73 Å². The number of benzene rings is 1. The average molecular weight is 272 g/mol. The lowest BCUT2D eigenvalue weighted by Crippen LogP contribution is -2.46. The molecule has 7 heteroatoms. The number of hydrogen-bond acceptors (Lipinski definition) is 4. The van der Waals surface area contributed by atoms with Crippen molar-refractivity contribution in [3.63, 3.8) is 0 Å². The summed E-state index contributed by atoms with van der Waals surface area (Å²) >= 11 is 0. The first-order valence-electron chi connectivity index (χ1n) is 5.59. The number of esters is 1. The van der Waals surface area contributed by atoms with Crippen molar-refractivity contribution in [2.75, 3.05) is 6.61 Å². The van der Waals surface area contributed by atoms with Crippen LogP contribution in [0.1, 0.15) is 12.5 Å². The van der Waals surface area contributed by atoms with Crippen molar-refractivity contribution in [1.29, 1.82) is 0 Å². The van der Waals surface area contributed by atoms with Gasteiger partial charge in [0.1, 0.15) is 11.6 Å². The van der Waals surface area contributed by atoms with Gasteiger partial charge in [0.2, 0.25) is 5.91 Å². The van der Waals surface area contributed by atoms with Gasteiger partial charge in [0.25, 0.3) is 0 Å². The third-order valence-corrected chi connectivity index (χ3v) is 2.28. The van der Waals surface area contributed by atoms with Crippen molar-refractivity contribution >= 4 is 11.9 Å². The molecule has 1 unspecified atom stereocenters. The smallest absolute Gasteiger partial charge is 0.332 e. The van der Waals surface area contributed by atoms with Gasteiger partial charge in [0, 0.05) is 12.1 Å². The van der Waals surface area contributed by atoms with Gasteiger partial charge in [-0.25, -0.2) is 13.6 Å². The Morgan fingerprint density at radius 3 is 2.74 bits per heavy atom. The zero-order valence-electron chi connectivity index (χ0n) is 10.3. The number of carbonyl (C=O) groups excluding carboxylic acids is 2. The maximum atomic E-state index is 13.3. The lowest BCUT2D eigenvalue weighted by molar-refractivity contribution is -0.148. The standard InChI is InChI=1S/C12H14F2N2O3/c1-2-19-12(18)10(15)11(17)16-6-7-5-8(13)3-4-9(7)14/h3-5,10H,2,6,15H2,1H3,(H,16,17). The van der Waals surface area contributed by atoms with Gasteiger partial charge in [-0.3, -0.25) is 4.79 Å². The molecule has 5 nitrogen and oxygen atoms in total. The van der Waals surface area contributed by atoms with Crippen LogP contribution >= 0.6 is 0 Å². The largest absolute Gasteiger partial charge is 0.464 e. The monoisotopic (exact) mass is 272 g/mol. The molecule has 0 aliphatic carbocycles. The molecule has 0 spiro atoms. The van der Waals surface area contributed by atoms with E-state index in [1.165, 1.54) is 0 Å². The van der Waals surface area contributed by atoms with Crippen molar-refractivity contribution < 1.29 is 23.1 Å². The van der Waals surface area contributed by atoms with Crippen LogP contribution in [-0.2, 0) is 20.9 Å². The molecule has 0 aliphatic rings. The molecule has 0 heterocycles. The van der Waals surface area contributed by atoms with Crippen molar-refractivity contribution in [2.24, 2.45) is 5.73 Å². The van der Waals surface area contributed by atoms with Gasteiger partial charge in [-0.1, -0.05) is 0 Å². The summed E-state index contributed by atoms with van der Waals surface area (Å²) in [5, 5.41) is 2.23. The summed E-state index contributed by atoms with van der Waals surface area (Å²) < 4.78 is 30.7. The minimum Gasteiger partial charge on any atom is -0.464 e. The highest BCUT2D eigenvalue weighted by atomic mass is 19.1. The molecule has 1 rings (SSSR count). The molecule has 1 aromatic rings. The number of carbonyl (C=O) groups is 2. The molecule has 0 aliphatic heterocycles. The lowest BCUT2D eigenvalue weighted by atomic mass is 10.2. The number of nitrogens with two attached hydrogens (primary N) is 1. The summed E-state index contributed by atoms with van der Waals surface area (Å²) in [5.41, 5.74) is 5.29. The number of amides is 1. The third kappa shape index (κ3) is 4.29. The molecule has 19 heavy (non-hydrogen) atoms. The number of halogens is 2. The summed E-state index contributed by atoms with van der Waals surface area (Å²) in [6.45, 7) is 1.40. The first-order chi connectivity index (χ1) is 8.95. The second kappa shape index (κ2) is 6.79. The van der Waals surface area contributed by atoms with Crippen molar-refractivity contribution in [1.82, 2.24) is 5.32 Å². The minimum absolute atomic E-state index is 0.0376. The Morgan fingerprint density at radius 1 is 1.42 bits per heavy atom. The maximum absolute atomic E-state index is 13.3.